The van der Waals surface area contributed by atoms with Crippen LogP contribution in [-0.4, -0.2) is 50.1 Å². The molecule has 0 aliphatic heterocycles. The Morgan fingerprint density at radius 1 is 1.50 bits per heavy atom. The minimum atomic E-state index is -3.66. The van der Waals surface area contributed by atoms with Crippen molar-refractivity contribution in [3.63, 3.8) is 0 Å². The quantitative estimate of drug-likeness (QED) is 0.828. The van der Waals surface area contributed by atoms with Crippen LogP contribution in [0.5, 0.6) is 0 Å². The van der Waals surface area contributed by atoms with Gasteiger partial charge in [-0.1, -0.05) is 0 Å². The Labute approximate surface area is 123 Å². The summed E-state index contributed by atoms with van der Waals surface area (Å²) in [5, 5.41) is 8.97. The van der Waals surface area contributed by atoms with Crippen molar-refractivity contribution in [2.75, 3.05) is 20.2 Å². The molecule has 0 radical (unpaired) electrons. The van der Waals surface area contributed by atoms with Crippen molar-refractivity contribution >= 4 is 27.3 Å². The van der Waals surface area contributed by atoms with Crippen LogP contribution >= 0.6 is 11.3 Å². The maximum absolute atomic E-state index is 12.3. The van der Waals surface area contributed by atoms with Crippen LogP contribution in [0.15, 0.2) is 10.3 Å². The van der Waals surface area contributed by atoms with Crippen LogP contribution in [-0.2, 0) is 14.8 Å². The smallest absolute Gasteiger partial charge is 0.346 e. The number of aromatic carboxylic acids is 1. The predicted molar refractivity (Wildman–Crippen MR) is 76.9 cm³/mol. The Balaban J connectivity index is 2.87. The average molecular weight is 321 g/mol. The number of carboxylic acid groups (broad SMARTS) is 1. The van der Waals surface area contributed by atoms with Gasteiger partial charge in [-0.2, -0.15) is 4.31 Å². The highest BCUT2D eigenvalue weighted by Crippen LogP contribution is 2.27. The number of rotatable bonds is 7. The highest BCUT2D eigenvalue weighted by molar-refractivity contribution is 7.91. The molecule has 0 aliphatic carbocycles. The van der Waals surface area contributed by atoms with E-state index in [1.807, 2.05) is 13.8 Å². The minimum absolute atomic E-state index is 0.0358. The molecule has 0 aromatic carbocycles. The van der Waals surface area contributed by atoms with Gasteiger partial charge in [-0.15, -0.1) is 11.3 Å². The number of ether oxygens (including phenoxy) is 1. The lowest BCUT2D eigenvalue weighted by atomic mass is 10.3. The summed E-state index contributed by atoms with van der Waals surface area (Å²) in [4.78, 5) is 11.0. The van der Waals surface area contributed by atoms with E-state index in [-0.39, 0.29) is 21.7 Å². The van der Waals surface area contributed by atoms with E-state index in [0.717, 1.165) is 11.3 Å². The Bertz CT molecular complexity index is 577. The lowest BCUT2D eigenvalue weighted by molar-refractivity contribution is 0.0701. The zero-order chi connectivity index (χ0) is 15.5. The summed E-state index contributed by atoms with van der Waals surface area (Å²) in [7, 11) is -2.21. The van der Waals surface area contributed by atoms with Crippen molar-refractivity contribution in [1.29, 1.82) is 0 Å². The van der Waals surface area contributed by atoms with Gasteiger partial charge in [0.2, 0.25) is 0 Å². The molecule has 1 heterocycles. The molecule has 0 aliphatic rings. The molecule has 0 saturated carbocycles. The Morgan fingerprint density at radius 3 is 2.55 bits per heavy atom. The molecule has 1 aromatic rings. The lowest BCUT2D eigenvalue weighted by Crippen LogP contribution is -2.30. The van der Waals surface area contributed by atoms with Crippen molar-refractivity contribution in [3.8, 4) is 0 Å². The molecule has 8 heteroatoms. The van der Waals surface area contributed by atoms with Crippen LogP contribution in [0.4, 0.5) is 0 Å². The van der Waals surface area contributed by atoms with Gasteiger partial charge in [0.15, 0.2) is 0 Å². The van der Waals surface area contributed by atoms with Gasteiger partial charge in [-0.05, 0) is 32.4 Å². The molecule has 114 valence electrons. The van der Waals surface area contributed by atoms with Crippen molar-refractivity contribution in [3.05, 3.63) is 16.5 Å². The average Bonchev–Trinajstić information content (AvgIpc) is 2.71. The van der Waals surface area contributed by atoms with Gasteiger partial charge < -0.3 is 9.84 Å². The fraction of sp³-hybridized carbons (Fsp3) is 0.583. The summed E-state index contributed by atoms with van der Waals surface area (Å²) in [5.41, 5.74) is 0.452. The van der Waals surface area contributed by atoms with Crippen LogP contribution < -0.4 is 0 Å². The first-order valence-electron chi connectivity index (χ1n) is 6.08. The molecule has 6 nitrogen and oxygen atoms in total. The third-order valence-corrected chi connectivity index (χ3v) is 6.14. The molecule has 0 saturated heterocycles. The summed E-state index contributed by atoms with van der Waals surface area (Å²) in [6.45, 7) is 5.84. The van der Waals surface area contributed by atoms with E-state index < -0.39 is 16.0 Å². The van der Waals surface area contributed by atoms with Crippen LogP contribution in [0, 0.1) is 6.92 Å². The van der Waals surface area contributed by atoms with Gasteiger partial charge >= 0.3 is 5.97 Å². The van der Waals surface area contributed by atoms with Crippen molar-refractivity contribution in [1.82, 2.24) is 4.31 Å². The molecule has 0 spiro atoms. The molecule has 0 bridgehead atoms. The van der Waals surface area contributed by atoms with Gasteiger partial charge in [0.1, 0.15) is 9.09 Å². The highest BCUT2D eigenvalue weighted by atomic mass is 32.2. The van der Waals surface area contributed by atoms with Crippen molar-refractivity contribution in [2.24, 2.45) is 0 Å². The predicted octanol–water partition coefficient (Wildman–Crippen LogP) is 1.80. The van der Waals surface area contributed by atoms with Gasteiger partial charge in [-0.3, -0.25) is 0 Å². The molecular weight excluding hydrogens is 302 g/mol. The van der Waals surface area contributed by atoms with E-state index >= 15 is 0 Å². The van der Waals surface area contributed by atoms with Crippen molar-refractivity contribution < 1.29 is 23.1 Å². The molecule has 20 heavy (non-hydrogen) atoms. The number of carboxylic acids is 1. The molecule has 1 N–H and O–H groups in total. The maximum Gasteiger partial charge on any atom is 0.346 e. The normalized spacial score (nSPS) is 12.3. The van der Waals surface area contributed by atoms with Gasteiger partial charge in [0, 0.05) is 13.6 Å². The second kappa shape index (κ2) is 6.66. The number of sulfonamides is 1. The number of likely N-dealkylation sites (N-methyl/N-ethyl adjacent to an activating group) is 1. The Hall–Kier alpha value is -0.960. The van der Waals surface area contributed by atoms with E-state index in [1.165, 1.54) is 17.4 Å². The van der Waals surface area contributed by atoms with Crippen LogP contribution in [0.2, 0.25) is 0 Å². The number of nitrogens with zero attached hydrogens (tertiary/aromatic N) is 1. The maximum atomic E-state index is 12.3. The zero-order valence-electron chi connectivity index (χ0n) is 11.9. The number of hydrogen-bond donors (Lipinski definition) is 1. The second-order valence-electron chi connectivity index (χ2n) is 4.63. The van der Waals surface area contributed by atoms with E-state index in [1.54, 1.807) is 6.92 Å². The summed E-state index contributed by atoms with van der Waals surface area (Å²) >= 11 is 0.773. The third-order valence-electron chi connectivity index (χ3n) is 2.61. The number of thiophene rings is 1. The first kappa shape index (κ1) is 17.1. The SMILES string of the molecule is Cc1cc(S(=O)(=O)N(C)CCOC(C)C)sc1C(=O)O. The summed E-state index contributed by atoms with van der Waals surface area (Å²) in [5.74, 6) is -1.11. The highest BCUT2D eigenvalue weighted by Gasteiger charge is 2.25. The molecule has 1 aromatic heterocycles. The monoisotopic (exact) mass is 321 g/mol. The van der Waals surface area contributed by atoms with E-state index in [0.29, 0.717) is 12.2 Å². The first-order valence-corrected chi connectivity index (χ1v) is 8.33. The molecule has 0 atom stereocenters. The molecule has 1 rings (SSSR count). The zero-order valence-corrected chi connectivity index (χ0v) is 13.5. The van der Waals surface area contributed by atoms with E-state index in [9.17, 15) is 13.2 Å². The summed E-state index contributed by atoms with van der Waals surface area (Å²) in [6, 6.07) is 1.39. The molecule has 0 amide bonds. The number of carbonyl (C=O) groups is 1. The minimum Gasteiger partial charge on any atom is -0.477 e. The van der Waals surface area contributed by atoms with E-state index in [2.05, 4.69) is 0 Å². The summed E-state index contributed by atoms with van der Waals surface area (Å²) < 4.78 is 31.1. The fourth-order valence-electron chi connectivity index (χ4n) is 1.48. The third kappa shape index (κ3) is 4.02. The van der Waals surface area contributed by atoms with Crippen LogP contribution in [0.1, 0.15) is 29.1 Å². The standard InChI is InChI=1S/C12H19NO5S2/c1-8(2)18-6-5-13(4)20(16,17)10-7-9(3)11(19-10)12(14)15/h7-8H,5-6H2,1-4H3,(H,14,15). The Kier molecular flexibility index (Phi) is 5.69. The van der Waals surface area contributed by atoms with Gasteiger partial charge in [0.05, 0.1) is 12.7 Å². The van der Waals surface area contributed by atoms with Gasteiger partial charge in [-0.25, -0.2) is 13.2 Å². The Morgan fingerprint density at radius 2 is 2.10 bits per heavy atom. The topological polar surface area (TPSA) is 83.9 Å². The van der Waals surface area contributed by atoms with Crippen molar-refractivity contribution in [2.45, 2.75) is 31.1 Å². The van der Waals surface area contributed by atoms with Crippen LogP contribution in [0.3, 0.4) is 0 Å². The molecule has 0 fully saturated rings. The summed E-state index contributed by atoms with van der Waals surface area (Å²) in [6.07, 6.45) is 0.0358. The molecule has 0 unspecified atom stereocenters. The first-order chi connectivity index (χ1) is 9.16. The van der Waals surface area contributed by atoms with Crippen LogP contribution in [0.25, 0.3) is 0 Å². The van der Waals surface area contributed by atoms with E-state index in [4.69, 9.17) is 9.84 Å². The largest absolute Gasteiger partial charge is 0.477 e. The molecular formula is C12H19NO5S2. The number of hydrogen-bond acceptors (Lipinski definition) is 5. The fourth-order valence-corrected chi connectivity index (χ4v) is 4.23. The number of aryl methyl sites for hydroxylation is 1. The second-order valence-corrected chi connectivity index (χ2v) is 7.95. The van der Waals surface area contributed by atoms with Gasteiger partial charge in [0.25, 0.3) is 10.0 Å². The lowest BCUT2D eigenvalue weighted by Gasteiger charge is -2.16.